The maximum atomic E-state index is 9.72. The van der Waals surface area contributed by atoms with Gasteiger partial charge in [-0.25, -0.2) is 0 Å². The summed E-state index contributed by atoms with van der Waals surface area (Å²) in [5.41, 5.74) is 1.01. The molecule has 0 radical (unpaired) electrons. The molecule has 0 aromatic carbocycles. The van der Waals surface area contributed by atoms with E-state index in [1.54, 1.807) is 0 Å². The smallest absolute Gasteiger partial charge is 0.117 e. The Kier molecular flexibility index (Phi) is 17.1. The van der Waals surface area contributed by atoms with Crippen LogP contribution in [0.5, 0.6) is 0 Å². The van der Waals surface area contributed by atoms with Crippen molar-refractivity contribution in [2.75, 3.05) is 13.2 Å². The zero-order valence-electron chi connectivity index (χ0n) is 10.5. The van der Waals surface area contributed by atoms with Gasteiger partial charge in [0.15, 0.2) is 0 Å². The maximum Gasteiger partial charge on any atom is 0.117 e. The minimum Gasteiger partial charge on any atom is -0.396 e. The second-order valence-corrected chi connectivity index (χ2v) is 2.93. The number of nitrogens with zero attached hydrogens (tertiary/aromatic N) is 2. The Morgan fingerprint density at radius 3 is 2.40 bits per heavy atom. The minimum absolute atomic E-state index is 0.414. The van der Waals surface area contributed by atoms with E-state index in [1.807, 2.05) is 27.7 Å². The minimum atomic E-state index is 0.414. The van der Waals surface area contributed by atoms with Crippen LogP contribution in [0.3, 0.4) is 0 Å². The summed E-state index contributed by atoms with van der Waals surface area (Å²) in [5, 5.41) is 6.67. The van der Waals surface area contributed by atoms with E-state index in [-0.39, 0.29) is 0 Å². The van der Waals surface area contributed by atoms with Crippen molar-refractivity contribution in [1.82, 2.24) is 0 Å². The molecule has 0 aliphatic heterocycles. The fourth-order valence-corrected chi connectivity index (χ4v) is 0.740. The molecule has 0 amide bonds. The van der Waals surface area contributed by atoms with Crippen LogP contribution in [0.2, 0.25) is 0 Å². The summed E-state index contributed by atoms with van der Waals surface area (Å²) in [4.78, 5) is 14.8. The van der Waals surface area contributed by atoms with Crippen molar-refractivity contribution in [2.24, 2.45) is 10.3 Å². The van der Waals surface area contributed by atoms with Crippen LogP contribution in [-0.4, -0.2) is 18.9 Å². The first-order chi connectivity index (χ1) is 7.31. The first-order valence-electron chi connectivity index (χ1n) is 5.75. The maximum absolute atomic E-state index is 9.72. The van der Waals surface area contributed by atoms with Gasteiger partial charge in [-0.05, 0) is 32.6 Å². The quantitative estimate of drug-likeness (QED) is 0.268. The van der Waals surface area contributed by atoms with E-state index >= 15 is 0 Å². The molecule has 0 spiro atoms. The third kappa shape index (κ3) is 15.8. The van der Waals surface area contributed by atoms with Gasteiger partial charge in [0.25, 0.3) is 0 Å². The molecule has 0 aliphatic rings. The van der Waals surface area contributed by atoms with Crippen LogP contribution in [0.1, 0.15) is 53.4 Å². The number of hydrogen-bond donors (Lipinski definition) is 0. The Labute approximate surface area is 93.1 Å². The van der Waals surface area contributed by atoms with Crippen molar-refractivity contribution in [3.8, 4) is 0 Å². The molecule has 15 heavy (non-hydrogen) atoms. The summed E-state index contributed by atoms with van der Waals surface area (Å²) in [6.45, 7) is 9.03. The number of oxime groups is 1. The number of rotatable bonds is 8. The summed E-state index contributed by atoms with van der Waals surface area (Å²) in [6, 6.07) is 0. The molecular weight excluding hydrogens is 192 g/mol. The first kappa shape index (κ1) is 16.5. The lowest BCUT2D eigenvalue weighted by Gasteiger charge is -1.99. The largest absolute Gasteiger partial charge is 0.396 e. The molecule has 0 aromatic heterocycles. The lowest BCUT2D eigenvalue weighted by molar-refractivity contribution is 0.139. The Balaban J connectivity index is 0. The standard InChI is InChI=1S/C9H18N2O2.C2H6/c1-3-9(2)11-13-8-6-4-5-7-10-12;1-2/h3-8H2,1-2H3;1-2H3/b11-9+;. The van der Waals surface area contributed by atoms with Crippen LogP contribution < -0.4 is 0 Å². The summed E-state index contributed by atoms with van der Waals surface area (Å²) in [5.74, 6) is 0. The zero-order chi connectivity index (χ0) is 11.9. The SMILES string of the molecule is CC.CC/C(C)=N/OCCCCCN=O. The molecule has 0 N–H and O–H groups in total. The topological polar surface area (TPSA) is 51.0 Å². The van der Waals surface area contributed by atoms with Crippen molar-refractivity contribution in [1.29, 1.82) is 0 Å². The third-order valence-corrected chi connectivity index (χ3v) is 1.72. The van der Waals surface area contributed by atoms with Gasteiger partial charge in [0, 0.05) is 0 Å². The monoisotopic (exact) mass is 216 g/mol. The fraction of sp³-hybridized carbons (Fsp3) is 0.909. The Morgan fingerprint density at radius 1 is 1.20 bits per heavy atom. The summed E-state index contributed by atoms with van der Waals surface area (Å²) in [7, 11) is 0. The van der Waals surface area contributed by atoms with Gasteiger partial charge in [0.2, 0.25) is 0 Å². The molecule has 0 unspecified atom stereocenters. The van der Waals surface area contributed by atoms with Crippen molar-refractivity contribution in [3.05, 3.63) is 4.91 Å². The van der Waals surface area contributed by atoms with Crippen LogP contribution in [0.4, 0.5) is 0 Å². The highest BCUT2D eigenvalue weighted by Crippen LogP contribution is 1.96. The van der Waals surface area contributed by atoms with E-state index in [2.05, 4.69) is 10.3 Å². The molecule has 0 aromatic rings. The fourth-order valence-electron chi connectivity index (χ4n) is 0.740. The second kappa shape index (κ2) is 15.5. The van der Waals surface area contributed by atoms with E-state index in [1.165, 1.54) is 0 Å². The molecule has 0 fully saturated rings. The van der Waals surface area contributed by atoms with E-state index in [4.69, 9.17) is 4.84 Å². The normalized spacial score (nSPS) is 10.3. The van der Waals surface area contributed by atoms with E-state index in [0.717, 1.165) is 31.4 Å². The predicted molar refractivity (Wildman–Crippen MR) is 65.2 cm³/mol. The van der Waals surface area contributed by atoms with Gasteiger partial charge >= 0.3 is 0 Å². The molecule has 0 rings (SSSR count). The molecule has 0 bridgehead atoms. The summed E-state index contributed by atoms with van der Waals surface area (Å²) >= 11 is 0. The molecule has 0 saturated carbocycles. The first-order valence-corrected chi connectivity index (χ1v) is 5.75. The van der Waals surface area contributed by atoms with E-state index < -0.39 is 0 Å². The van der Waals surface area contributed by atoms with Crippen LogP contribution in [0.25, 0.3) is 0 Å². The second-order valence-electron chi connectivity index (χ2n) is 2.93. The number of hydrogen-bond acceptors (Lipinski definition) is 4. The van der Waals surface area contributed by atoms with Gasteiger partial charge < -0.3 is 4.84 Å². The van der Waals surface area contributed by atoms with Gasteiger partial charge in [-0.3, -0.25) is 0 Å². The van der Waals surface area contributed by atoms with E-state index in [9.17, 15) is 4.91 Å². The zero-order valence-corrected chi connectivity index (χ0v) is 10.5. The van der Waals surface area contributed by atoms with Crippen molar-refractivity contribution in [3.63, 3.8) is 0 Å². The highest BCUT2D eigenvalue weighted by atomic mass is 16.6. The van der Waals surface area contributed by atoms with Crippen molar-refractivity contribution >= 4 is 5.71 Å². The van der Waals surface area contributed by atoms with Gasteiger partial charge in [-0.2, -0.15) is 4.91 Å². The molecular formula is C11H24N2O2. The van der Waals surface area contributed by atoms with Crippen LogP contribution in [0, 0.1) is 4.91 Å². The number of unbranched alkanes of at least 4 members (excludes halogenated alkanes) is 2. The number of nitroso groups, excluding NO2 is 1. The average Bonchev–Trinajstić information content (AvgIpc) is 2.30. The van der Waals surface area contributed by atoms with Crippen molar-refractivity contribution < 1.29 is 4.84 Å². The van der Waals surface area contributed by atoms with Crippen LogP contribution in [-0.2, 0) is 4.84 Å². The highest BCUT2D eigenvalue weighted by Gasteiger charge is 1.90. The lowest BCUT2D eigenvalue weighted by Crippen LogP contribution is -1.93. The van der Waals surface area contributed by atoms with Gasteiger partial charge in [-0.1, -0.05) is 31.1 Å². The molecule has 0 saturated heterocycles. The van der Waals surface area contributed by atoms with Gasteiger partial charge in [0.05, 0.1) is 12.3 Å². The average molecular weight is 216 g/mol. The Morgan fingerprint density at radius 2 is 1.87 bits per heavy atom. The van der Waals surface area contributed by atoms with Crippen LogP contribution in [0.15, 0.2) is 10.3 Å². The summed E-state index contributed by atoms with van der Waals surface area (Å²) in [6.07, 6.45) is 3.70. The molecule has 0 heterocycles. The Bertz CT molecular complexity index is 159. The lowest BCUT2D eigenvalue weighted by atomic mass is 10.2. The van der Waals surface area contributed by atoms with E-state index in [0.29, 0.717) is 13.2 Å². The Hall–Kier alpha value is -0.930. The van der Waals surface area contributed by atoms with Crippen LogP contribution >= 0.6 is 0 Å². The molecule has 4 heteroatoms. The van der Waals surface area contributed by atoms with Crippen molar-refractivity contribution in [2.45, 2.75) is 53.4 Å². The van der Waals surface area contributed by atoms with Gasteiger partial charge in [-0.15, -0.1) is 0 Å². The molecule has 0 aliphatic carbocycles. The molecule has 4 nitrogen and oxygen atoms in total. The predicted octanol–water partition coefficient (Wildman–Crippen LogP) is 3.75. The third-order valence-electron chi connectivity index (χ3n) is 1.72. The molecule has 0 atom stereocenters. The van der Waals surface area contributed by atoms with Gasteiger partial charge in [0.1, 0.15) is 6.61 Å². The summed E-state index contributed by atoms with van der Waals surface area (Å²) < 4.78 is 0. The highest BCUT2D eigenvalue weighted by molar-refractivity contribution is 5.80. The molecule has 90 valence electrons.